The van der Waals surface area contributed by atoms with Gasteiger partial charge in [-0.15, -0.1) is 12.4 Å². The number of ether oxygens (including phenoxy) is 1. The van der Waals surface area contributed by atoms with E-state index in [4.69, 9.17) is 4.74 Å². The summed E-state index contributed by atoms with van der Waals surface area (Å²) < 4.78 is 5.73. The maximum absolute atomic E-state index is 12.1. The molecule has 0 spiro atoms. The standard InChI is InChI=1S/C18H22N2O2.ClH/c1-13-9-10-19-11-16(13)20-18(21)12-22-17-8-4-6-14-5-2-3-7-15(14)17;/h2-8,13,16,19H,9-12H2,1H3,(H,20,21);1H. The lowest BCUT2D eigenvalue weighted by Crippen LogP contribution is -2.51. The topological polar surface area (TPSA) is 50.4 Å². The molecule has 0 aromatic heterocycles. The first-order valence-electron chi connectivity index (χ1n) is 7.84. The third-order valence-corrected chi connectivity index (χ3v) is 4.28. The predicted molar refractivity (Wildman–Crippen MR) is 95.3 cm³/mol. The van der Waals surface area contributed by atoms with E-state index in [-0.39, 0.29) is 31.0 Å². The number of rotatable bonds is 4. The monoisotopic (exact) mass is 334 g/mol. The number of carbonyl (C=O) groups excluding carboxylic acids is 1. The molecule has 0 saturated carbocycles. The number of nitrogens with one attached hydrogen (secondary N) is 2. The van der Waals surface area contributed by atoms with Gasteiger partial charge in [0.05, 0.1) is 0 Å². The second-order valence-electron chi connectivity index (χ2n) is 5.91. The van der Waals surface area contributed by atoms with Gasteiger partial charge in [-0.3, -0.25) is 4.79 Å². The Morgan fingerprint density at radius 1 is 1.26 bits per heavy atom. The molecule has 1 fully saturated rings. The fourth-order valence-corrected chi connectivity index (χ4v) is 2.90. The molecule has 1 saturated heterocycles. The molecule has 2 N–H and O–H groups in total. The molecule has 1 amide bonds. The van der Waals surface area contributed by atoms with Crippen LogP contribution in [0.5, 0.6) is 5.75 Å². The maximum atomic E-state index is 12.1. The second-order valence-corrected chi connectivity index (χ2v) is 5.91. The second kappa shape index (κ2) is 8.18. The fourth-order valence-electron chi connectivity index (χ4n) is 2.90. The number of carbonyl (C=O) groups is 1. The summed E-state index contributed by atoms with van der Waals surface area (Å²) in [5.74, 6) is 1.19. The predicted octanol–water partition coefficient (Wildman–Crippen LogP) is 2.75. The van der Waals surface area contributed by atoms with Crippen LogP contribution in [0, 0.1) is 5.92 Å². The summed E-state index contributed by atoms with van der Waals surface area (Å²) in [7, 11) is 0. The number of halogens is 1. The zero-order chi connectivity index (χ0) is 15.4. The van der Waals surface area contributed by atoms with E-state index in [0.29, 0.717) is 5.92 Å². The average Bonchev–Trinajstić information content (AvgIpc) is 2.55. The number of piperidine rings is 1. The zero-order valence-electron chi connectivity index (χ0n) is 13.2. The van der Waals surface area contributed by atoms with E-state index in [1.54, 1.807) is 0 Å². The number of benzene rings is 2. The first-order valence-corrected chi connectivity index (χ1v) is 7.84. The molecule has 2 aromatic carbocycles. The van der Waals surface area contributed by atoms with E-state index in [9.17, 15) is 4.79 Å². The molecule has 1 aliphatic heterocycles. The van der Waals surface area contributed by atoms with Crippen molar-refractivity contribution in [3.8, 4) is 5.75 Å². The molecular weight excluding hydrogens is 312 g/mol. The number of fused-ring (bicyclic) bond motifs is 1. The average molecular weight is 335 g/mol. The Morgan fingerprint density at radius 3 is 2.87 bits per heavy atom. The van der Waals surface area contributed by atoms with Crippen LogP contribution in [0.3, 0.4) is 0 Å². The van der Waals surface area contributed by atoms with Crippen molar-refractivity contribution in [1.29, 1.82) is 0 Å². The SMILES string of the molecule is CC1CCNCC1NC(=O)COc1cccc2ccccc12.Cl. The minimum atomic E-state index is -0.0616. The lowest BCUT2D eigenvalue weighted by atomic mass is 9.95. The molecule has 0 bridgehead atoms. The summed E-state index contributed by atoms with van der Waals surface area (Å²) in [5.41, 5.74) is 0. The van der Waals surface area contributed by atoms with E-state index < -0.39 is 0 Å². The normalized spacial score (nSPS) is 20.6. The summed E-state index contributed by atoms with van der Waals surface area (Å²) in [6.45, 7) is 4.09. The summed E-state index contributed by atoms with van der Waals surface area (Å²) in [6.07, 6.45) is 1.09. The third kappa shape index (κ3) is 4.36. The summed E-state index contributed by atoms with van der Waals surface area (Å²) in [6, 6.07) is 14.1. The molecule has 2 unspecified atom stereocenters. The van der Waals surface area contributed by atoms with E-state index in [0.717, 1.165) is 36.0 Å². The molecule has 3 rings (SSSR count). The van der Waals surface area contributed by atoms with Crippen molar-refractivity contribution < 1.29 is 9.53 Å². The number of hydrogen-bond donors (Lipinski definition) is 2. The molecule has 4 nitrogen and oxygen atoms in total. The summed E-state index contributed by atoms with van der Waals surface area (Å²) >= 11 is 0. The van der Waals surface area contributed by atoms with Crippen molar-refractivity contribution in [1.82, 2.24) is 10.6 Å². The molecule has 0 radical (unpaired) electrons. The molecule has 0 aliphatic carbocycles. The molecule has 2 aromatic rings. The molecule has 2 atom stereocenters. The van der Waals surface area contributed by atoms with Crippen LogP contribution in [0.25, 0.3) is 10.8 Å². The van der Waals surface area contributed by atoms with Crippen LogP contribution in [0.1, 0.15) is 13.3 Å². The molecule has 1 aliphatic rings. The molecule has 1 heterocycles. The van der Waals surface area contributed by atoms with Crippen molar-refractivity contribution in [2.75, 3.05) is 19.7 Å². The lowest BCUT2D eigenvalue weighted by Gasteiger charge is -2.30. The Labute approximate surface area is 143 Å². The minimum Gasteiger partial charge on any atom is -0.483 e. The Morgan fingerprint density at radius 2 is 2.04 bits per heavy atom. The van der Waals surface area contributed by atoms with Gasteiger partial charge in [0.25, 0.3) is 5.91 Å². The number of hydrogen-bond acceptors (Lipinski definition) is 3. The third-order valence-electron chi connectivity index (χ3n) is 4.28. The van der Waals surface area contributed by atoms with Crippen molar-refractivity contribution in [2.45, 2.75) is 19.4 Å². The Hall–Kier alpha value is -1.78. The van der Waals surface area contributed by atoms with Crippen molar-refractivity contribution in [3.63, 3.8) is 0 Å². The highest BCUT2D eigenvalue weighted by molar-refractivity contribution is 5.88. The molecule has 23 heavy (non-hydrogen) atoms. The van der Waals surface area contributed by atoms with Crippen LogP contribution < -0.4 is 15.4 Å². The van der Waals surface area contributed by atoms with Crippen LogP contribution >= 0.6 is 12.4 Å². The van der Waals surface area contributed by atoms with Gasteiger partial charge < -0.3 is 15.4 Å². The Kier molecular flexibility index (Phi) is 6.25. The van der Waals surface area contributed by atoms with Crippen LogP contribution in [0.15, 0.2) is 42.5 Å². The van der Waals surface area contributed by atoms with Gasteiger partial charge in [-0.25, -0.2) is 0 Å². The van der Waals surface area contributed by atoms with E-state index in [2.05, 4.69) is 17.6 Å². The smallest absolute Gasteiger partial charge is 0.258 e. The first kappa shape index (κ1) is 17.6. The highest BCUT2D eigenvalue weighted by atomic mass is 35.5. The van der Waals surface area contributed by atoms with Gasteiger partial charge in [-0.1, -0.05) is 43.3 Å². The van der Waals surface area contributed by atoms with Gasteiger partial charge in [0.2, 0.25) is 0 Å². The molecule has 5 heteroatoms. The van der Waals surface area contributed by atoms with Crippen LogP contribution in [0.4, 0.5) is 0 Å². The van der Waals surface area contributed by atoms with Crippen LogP contribution in [-0.2, 0) is 4.79 Å². The largest absolute Gasteiger partial charge is 0.483 e. The quantitative estimate of drug-likeness (QED) is 0.904. The Balaban J connectivity index is 0.00000192. The van der Waals surface area contributed by atoms with Gasteiger partial charge >= 0.3 is 0 Å². The van der Waals surface area contributed by atoms with E-state index >= 15 is 0 Å². The highest BCUT2D eigenvalue weighted by Gasteiger charge is 2.22. The van der Waals surface area contributed by atoms with Gasteiger partial charge in [0, 0.05) is 18.0 Å². The lowest BCUT2D eigenvalue weighted by molar-refractivity contribution is -0.124. The van der Waals surface area contributed by atoms with Gasteiger partial charge in [0.1, 0.15) is 5.75 Å². The Bertz CT molecular complexity index is 657. The van der Waals surface area contributed by atoms with E-state index in [1.807, 2.05) is 42.5 Å². The van der Waals surface area contributed by atoms with E-state index in [1.165, 1.54) is 0 Å². The maximum Gasteiger partial charge on any atom is 0.258 e. The zero-order valence-corrected chi connectivity index (χ0v) is 14.1. The van der Waals surface area contributed by atoms with Crippen molar-refractivity contribution >= 4 is 29.1 Å². The van der Waals surface area contributed by atoms with Crippen LogP contribution in [-0.4, -0.2) is 31.6 Å². The highest BCUT2D eigenvalue weighted by Crippen LogP contribution is 2.25. The molecule has 124 valence electrons. The van der Waals surface area contributed by atoms with Gasteiger partial charge in [-0.2, -0.15) is 0 Å². The summed E-state index contributed by atoms with van der Waals surface area (Å²) in [4.78, 5) is 12.1. The fraction of sp³-hybridized carbons (Fsp3) is 0.389. The first-order chi connectivity index (χ1) is 10.7. The van der Waals surface area contributed by atoms with Gasteiger partial charge in [0.15, 0.2) is 6.61 Å². The minimum absolute atomic E-state index is 0. The van der Waals surface area contributed by atoms with Crippen molar-refractivity contribution in [2.24, 2.45) is 5.92 Å². The summed E-state index contributed by atoms with van der Waals surface area (Å²) in [5, 5.41) is 8.52. The van der Waals surface area contributed by atoms with Gasteiger partial charge in [-0.05, 0) is 30.3 Å². The van der Waals surface area contributed by atoms with Crippen molar-refractivity contribution in [3.05, 3.63) is 42.5 Å². The number of amides is 1. The molecular formula is C18H23ClN2O2. The van der Waals surface area contributed by atoms with Crippen LogP contribution in [0.2, 0.25) is 0 Å².